The van der Waals surface area contributed by atoms with E-state index < -0.39 is 12.1 Å². The Kier molecular flexibility index (Phi) is 5.51. The fourth-order valence-electron chi connectivity index (χ4n) is 1.45. The van der Waals surface area contributed by atoms with E-state index in [1.54, 1.807) is 5.38 Å². The summed E-state index contributed by atoms with van der Waals surface area (Å²) in [5.41, 5.74) is 1.26. The van der Waals surface area contributed by atoms with Crippen LogP contribution in [0.25, 0.3) is 0 Å². The van der Waals surface area contributed by atoms with Gasteiger partial charge in [0.15, 0.2) is 0 Å². The second-order valence-electron chi connectivity index (χ2n) is 4.06. The van der Waals surface area contributed by atoms with Crippen molar-refractivity contribution in [3.63, 3.8) is 0 Å². The molecular formula is C15H12N2O4S. The minimum absolute atomic E-state index is 0.0143. The summed E-state index contributed by atoms with van der Waals surface area (Å²) in [5, 5.41) is 12.7. The van der Waals surface area contributed by atoms with Crippen molar-refractivity contribution in [3.05, 3.63) is 52.0 Å². The van der Waals surface area contributed by atoms with Crippen LogP contribution in [0.4, 0.5) is 4.79 Å². The number of nitrogens with zero attached hydrogens (tertiary/aromatic N) is 1. The Morgan fingerprint density at radius 2 is 2.09 bits per heavy atom. The molecule has 0 aliphatic carbocycles. The molecular weight excluding hydrogens is 304 g/mol. The summed E-state index contributed by atoms with van der Waals surface area (Å²) in [6.07, 6.45) is -0.567. The lowest BCUT2D eigenvalue weighted by atomic mass is 10.2. The molecule has 2 aromatic rings. The third-order valence-corrected chi connectivity index (χ3v) is 3.27. The number of carbonyl (C=O) groups is 2. The molecule has 0 aliphatic rings. The van der Waals surface area contributed by atoms with Gasteiger partial charge >= 0.3 is 12.1 Å². The highest BCUT2D eigenvalue weighted by molar-refractivity contribution is 7.11. The molecule has 0 saturated heterocycles. The summed E-state index contributed by atoms with van der Waals surface area (Å²) < 4.78 is 5.01. The molecule has 0 radical (unpaired) electrons. The van der Waals surface area contributed by atoms with Gasteiger partial charge in [0, 0.05) is 5.38 Å². The van der Waals surface area contributed by atoms with E-state index in [-0.39, 0.29) is 18.2 Å². The van der Waals surface area contributed by atoms with Crippen LogP contribution in [0, 0.1) is 11.8 Å². The van der Waals surface area contributed by atoms with Crippen LogP contribution in [0.1, 0.15) is 21.1 Å². The predicted octanol–water partition coefficient (Wildman–Crippen LogP) is 2.12. The van der Waals surface area contributed by atoms with Crippen LogP contribution in [0.15, 0.2) is 35.7 Å². The minimum atomic E-state index is -1.08. The maximum absolute atomic E-state index is 11.4. The molecule has 1 heterocycles. The van der Waals surface area contributed by atoms with Crippen molar-refractivity contribution in [3.8, 4) is 11.8 Å². The number of thiazole rings is 1. The standard InChI is InChI=1S/C15H12N2O4S/c18-14(19)13-17-12(10-22-13)7-4-8-16-15(20)21-9-11-5-2-1-3-6-11/h1-3,5-6,10H,8-9H2,(H,16,20)(H,18,19). The molecule has 1 aromatic carbocycles. The number of carbonyl (C=O) groups excluding carboxylic acids is 1. The molecule has 6 nitrogen and oxygen atoms in total. The van der Waals surface area contributed by atoms with E-state index >= 15 is 0 Å². The number of benzene rings is 1. The van der Waals surface area contributed by atoms with Gasteiger partial charge in [0.05, 0.1) is 6.54 Å². The monoisotopic (exact) mass is 316 g/mol. The van der Waals surface area contributed by atoms with Crippen LogP contribution in [0.3, 0.4) is 0 Å². The fraction of sp³-hybridized carbons (Fsp3) is 0.133. The largest absolute Gasteiger partial charge is 0.476 e. The zero-order chi connectivity index (χ0) is 15.8. The average Bonchev–Trinajstić information content (AvgIpc) is 3.00. The van der Waals surface area contributed by atoms with Crippen molar-refractivity contribution in [2.75, 3.05) is 6.54 Å². The zero-order valence-corrected chi connectivity index (χ0v) is 12.2. The molecule has 0 fully saturated rings. The maximum Gasteiger partial charge on any atom is 0.408 e. The van der Waals surface area contributed by atoms with Crippen LogP contribution in [-0.2, 0) is 11.3 Å². The van der Waals surface area contributed by atoms with E-state index in [1.165, 1.54) is 0 Å². The first kappa shape index (κ1) is 15.5. The second-order valence-corrected chi connectivity index (χ2v) is 4.92. The Labute approximate surface area is 130 Å². The van der Waals surface area contributed by atoms with E-state index in [1.807, 2.05) is 30.3 Å². The van der Waals surface area contributed by atoms with Crippen molar-refractivity contribution in [2.24, 2.45) is 0 Å². The van der Waals surface area contributed by atoms with Gasteiger partial charge in [-0.15, -0.1) is 11.3 Å². The van der Waals surface area contributed by atoms with Crippen molar-refractivity contribution < 1.29 is 19.4 Å². The summed E-state index contributed by atoms with van der Waals surface area (Å²) >= 11 is 1.00. The quantitative estimate of drug-likeness (QED) is 0.844. The van der Waals surface area contributed by atoms with Crippen LogP contribution in [-0.4, -0.2) is 28.7 Å². The number of ether oxygens (including phenoxy) is 1. The number of hydrogen-bond acceptors (Lipinski definition) is 5. The second kappa shape index (κ2) is 7.81. The van der Waals surface area contributed by atoms with Gasteiger partial charge in [-0.3, -0.25) is 0 Å². The molecule has 0 bridgehead atoms. The molecule has 7 heteroatoms. The number of carboxylic acid groups (broad SMARTS) is 1. The topological polar surface area (TPSA) is 88.5 Å². The summed E-state index contributed by atoms with van der Waals surface area (Å²) in [7, 11) is 0. The van der Waals surface area contributed by atoms with Gasteiger partial charge in [0.25, 0.3) is 0 Å². The SMILES string of the molecule is O=C(NCC#Cc1csc(C(=O)O)n1)OCc1ccccc1. The molecule has 2 rings (SSSR count). The predicted molar refractivity (Wildman–Crippen MR) is 80.6 cm³/mol. The molecule has 2 N–H and O–H groups in total. The average molecular weight is 316 g/mol. The van der Waals surface area contributed by atoms with Crippen molar-refractivity contribution in [1.82, 2.24) is 10.3 Å². The molecule has 0 spiro atoms. The van der Waals surface area contributed by atoms with Crippen LogP contribution >= 0.6 is 11.3 Å². The van der Waals surface area contributed by atoms with Crippen LogP contribution < -0.4 is 5.32 Å². The normalized spacial score (nSPS) is 9.45. The van der Waals surface area contributed by atoms with Gasteiger partial charge in [0.2, 0.25) is 5.01 Å². The van der Waals surface area contributed by atoms with Crippen molar-refractivity contribution >= 4 is 23.4 Å². The molecule has 0 unspecified atom stereocenters. The van der Waals surface area contributed by atoms with Gasteiger partial charge in [0.1, 0.15) is 12.3 Å². The molecule has 22 heavy (non-hydrogen) atoms. The number of hydrogen-bond donors (Lipinski definition) is 2. The van der Waals surface area contributed by atoms with Gasteiger partial charge in [-0.25, -0.2) is 14.6 Å². The highest BCUT2D eigenvalue weighted by Crippen LogP contribution is 2.08. The van der Waals surface area contributed by atoms with Gasteiger partial charge in [-0.05, 0) is 11.5 Å². The summed E-state index contributed by atoms with van der Waals surface area (Å²) in [5.74, 6) is 4.25. The van der Waals surface area contributed by atoms with E-state index in [0.29, 0.717) is 5.69 Å². The van der Waals surface area contributed by atoms with E-state index in [2.05, 4.69) is 22.1 Å². The molecule has 0 atom stereocenters. The van der Waals surface area contributed by atoms with Crippen molar-refractivity contribution in [1.29, 1.82) is 0 Å². The number of carboxylic acids is 1. The summed E-state index contributed by atoms with van der Waals surface area (Å²) in [4.78, 5) is 25.9. The summed E-state index contributed by atoms with van der Waals surface area (Å²) in [6, 6.07) is 9.32. The van der Waals surface area contributed by atoms with E-state index in [0.717, 1.165) is 16.9 Å². The molecule has 0 aliphatic heterocycles. The third kappa shape index (κ3) is 4.92. The first-order valence-electron chi connectivity index (χ1n) is 6.27. The zero-order valence-electron chi connectivity index (χ0n) is 11.4. The molecule has 112 valence electrons. The summed E-state index contributed by atoms with van der Waals surface area (Å²) in [6.45, 7) is 0.279. The molecule has 1 amide bonds. The number of nitrogens with one attached hydrogen (secondary N) is 1. The lowest BCUT2D eigenvalue weighted by Gasteiger charge is -2.04. The first-order valence-corrected chi connectivity index (χ1v) is 7.15. The Morgan fingerprint density at radius 3 is 2.77 bits per heavy atom. The minimum Gasteiger partial charge on any atom is -0.476 e. The van der Waals surface area contributed by atoms with E-state index in [4.69, 9.17) is 9.84 Å². The Balaban J connectivity index is 1.73. The van der Waals surface area contributed by atoms with Gasteiger partial charge in [-0.2, -0.15) is 0 Å². The van der Waals surface area contributed by atoms with Crippen LogP contribution in [0.2, 0.25) is 0 Å². The number of aromatic carboxylic acids is 1. The number of rotatable bonds is 4. The smallest absolute Gasteiger partial charge is 0.408 e. The van der Waals surface area contributed by atoms with Crippen LogP contribution in [0.5, 0.6) is 0 Å². The third-order valence-electron chi connectivity index (χ3n) is 2.44. The lowest BCUT2D eigenvalue weighted by molar-refractivity contribution is 0.0696. The maximum atomic E-state index is 11.4. The fourth-order valence-corrected chi connectivity index (χ4v) is 2.04. The number of amides is 1. The highest BCUT2D eigenvalue weighted by Gasteiger charge is 2.06. The van der Waals surface area contributed by atoms with Crippen molar-refractivity contribution in [2.45, 2.75) is 6.61 Å². The number of aromatic nitrogens is 1. The lowest BCUT2D eigenvalue weighted by Crippen LogP contribution is -2.24. The van der Waals surface area contributed by atoms with Gasteiger partial charge < -0.3 is 15.2 Å². The van der Waals surface area contributed by atoms with Gasteiger partial charge in [-0.1, -0.05) is 36.3 Å². The Bertz CT molecular complexity index is 716. The molecule has 0 saturated carbocycles. The Hall–Kier alpha value is -2.85. The Morgan fingerprint density at radius 1 is 1.32 bits per heavy atom. The highest BCUT2D eigenvalue weighted by atomic mass is 32.1. The number of alkyl carbamates (subject to hydrolysis) is 1. The first-order chi connectivity index (χ1) is 10.6. The molecule has 1 aromatic heterocycles. The van der Waals surface area contributed by atoms with E-state index in [9.17, 15) is 9.59 Å².